The van der Waals surface area contributed by atoms with Gasteiger partial charge in [0.15, 0.2) is 5.16 Å². The number of anilines is 1. The van der Waals surface area contributed by atoms with Crippen LogP contribution in [0.2, 0.25) is 0 Å². The number of nitrogens with one attached hydrogen (secondary N) is 2. The lowest BCUT2D eigenvalue weighted by atomic mass is 9.84. The number of carbonyl (C=O) groups is 1. The van der Waals surface area contributed by atoms with E-state index in [1.54, 1.807) is 6.08 Å². The predicted molar refractivity (Wildman–Crippen MR) is 92.0 cm³/mol. The zero-order valence-corrected chi connectivity index (χ0v) is 13.6. The van der Waals surface area contributed by atoms with Crippen LogP contribution in [-0.4, -0.2) is 21.6 Å². The summed E-state index contributed by atoms with van der Waals surface area (Å²) in [6.45, 7) is 5.63. The van der Waals surface area contributed by atoms with Crippen molar-refractivity contribution in [1.82, 2.24) is 9.97 Å². The molecule has 0 unspecified atom stereocenters. The zero-order valence-electron chi connectivity index (χ0n) is 12.8. The molecule has 5 nitrogen and oxygen atoms in total. The van der Waals surface area contributed by atoms with E-state index in [9.17, 15) is 9.59 Å². The number of carbonyl (C=O) groups excluding carboxylic acids is 1. The molecule has 2 heterocycles. The zero-order chi connectivity index (χ0) is 16.4. The molecule has 3 rings (SSSR count). The third kappa shape index (κ3) is 3.07. The van der Waals surface area contributed by atoms with Crippen molar-refractivity contribution in [3.8, 4) is 0 Å². The number of H-pyrrole nitrogens is 1. The van der Waals surface area contributed by atoms with Crippen LogP contribution in [0, 0.1) is 6.92 Å². The summed E-state index contributed by atoms with van der Waals surface area (Å²) in [7, 11) is 0. The Labute approximate surface area is 138 Å². The number of benzene rings is 1. The Morgan fingerprint density at radius 3 is 2.91 bits per heavy atom. The second-order valence-corrected chi connectivity index (χ2v) is 6.40. The number of aryl methyl sites for hydroxylation is 1. The summed E-state index contributed by atoms with van der Waals surface area (Å²) in [6, 6.07) is 7.81. The first-order chi connectivity index (χ1) is 11.1. The molecule has 23 heavy (non-hydrogen) atoms. The average Bonchev–Trinajstić information content (AvgIpc) is 2.52. The van der Waals surface area contributed by atoms with Gasteiger partial charge in [-0.1, -0.05) is 42.1 Å². The summed E-state index contributed by atoms with van der Waals surface area (Å²) in [4.78, 5) is 31.8. The molecule has 0 fully saturated rings. The summed E-state index contributed by atoms with van der Waals surface area (Å²) in [5.74, 6) is 0.611. The highest BCUT2D eigenvalue weighted by molar-refractivity contribution is 7.99. The maximum Gasteiger partial charge on any atom is 0.257 e. The molecule has 0 spiro atoms. The number of aromatic amines is 1. The number of thioether (sulfide) groups is 1. The van der Waals surface area contributed by atoms with Crippen molar-refractivity contribution in [1.29, 1.82) is 0 Å². The Hall–Kier alpha value is -2.34. The van der Waals surface area contributed by atoms with Gasteiger partial charge in [-0.2, -0.15) is 0 Å². The molecule has 0 aliphatic carbocycles. The van der Waals surface area contributed by atoms with E-state index in [0.717, 1.165) is 11.1 Å². The largest absolute Gasteiger partial charge is 0.310 e. The Morgan fingerprint density at radius 2 is 2.17 bits per heavy atom. The number of aromatic nitrogens is 2. The first kappa shape index (κ1) is 15.6. The minimum Gasteiger partial charge on any atom is -0.310 e. The van der Waals surface area contributed by atoms with Crippen LogP contribution in [0.1, 0.15) is 29.0 Å². The van der Waals surface area contributed by atoms with Crippen molar-refractivity contribution in [2.45, 2.75) is 24.4 Å². The highest BCUT2D eigenvalue weighted by Gasteiger charge is 2.31. The van der Waals surface area contributed by atoms with Crippen LogP contribution in [0.4, 0.5) is 5.82 Å². The van der Waals surface area contributed by atoms with Crippen LogP contribution in [0.3, 0.4) is 0 Å². The van der Waals surface area contributed by atoms with Crippen LogP contribution in [0.25, 0.3) is 0 Å². The lowest BCUT2D eigenvalue weighted by Crippen LogP contribution is -2.31. The van der Waals surface area contributed by atoms with Gasteiger partial charge in [0.2, 0.25) is 5.91 Å². The van der Waals surface area contributed by atoms with Gasteiger partial charge in [0, 0.05) is 18.1 Å². The second-order valence-electron chi connectivity index (χ2n) is 5.39. The van der Waals surface area contributed by atoms with Crippen LogP contribution >= 0.6 is 11.8 Å². The van der Waals surface area contributed by atoms with Crippen LogP contribution < -0.4 is 10.9 Å². The van der Waals surface area contributed by atoms with E-state index in [-0.39, 0.29) is 23.8 Å². The highest BCUT2D eigenvalue weighted by atomic mass is 32.2. The molecule has 0 saturated carbocycles. The number of amides is 1. The number of hydrogen-bond donors (Lipinski definition) is 2. The topological polar surface area (TPSA) is 74.8 Å². The molecule has 118 valence electrons. The Bertz CT molecular complexity index is 829. The first-order valence-electron chi connectivity index (χ1n) is 7.33. The van der Waals surface area contributed by atoms with E-state index in [1.807, 2.05) is 31.2 Å². The van der Waals surface area contributed by atoms with Gasteiger partial charge in [-0.15, -0.1) is 6.58 Å². The Balaban J connectivity index is 2.11. The van der Waals surface area contributed by atoms with Gasteiger partial charge in [-0.05, 0) is 18.1 Å². The molecule has 1 amide bonds. The summed E-state index contributed by atoms with van der Waals surface area (Å²) in [5.41, 5.74) is 2.38. The van der Waals surface area contributed by atoms with E-state index < -0.39 is 0 Å². The molecule has 0 saturated heterocycles. The maximum atomic E-state index is 12.6. The summed E-state index contributed by atoms with van der Waals surface area (Å²) in [5, 5.41) is 3.21. The van der Waals surface area contributed by atoms with Crippen LogP contribution in [0.5, 0.6) is 0 Å². The molecule has 0 radical (unpaired) electrons. The molecule has 0 bridgehead atoms. The second kappa shape index (κ2) is 6.42. The Kier molecular flexibility index (Phi) is 4.34. The van der Waals surface area contributed by atoms with E-state index in [0.29, 0.717) is 22.3 Å². The minimum atomic E-state index is -0.269. The maximum absolute atomic E-state index is 12.6. The quantitative estimate of drug-likeness (QED) is 0.514. The number of fused-ring (bicyclic) bond motifs is 1. The van der Waals surface area contributed by atoms with E-state index in [1.165, 1.54) is 11.8 Å². The molecule has 2 N–H and O–H groups in total. The standard InChI is InChI=1S/C17H17N3O2S/c1-3-8-23-17-19-15-14(16(22)20-17)12(9-13(21)18-15)11-7-5-4-6-10(11)2/h3-7,12H,1,8-9H2,2H3,(H2,18,19,20,21,22)/t12-/m0/s1. The van der Waals surface area contributed by atoms with Gasteiger partial charge in [0.05, 0.1) is 5.56 Å². The summed E-state index contributed by atoms with van der Waals surface area (Å²) < 4.78 is 0. The molecule has 2 aromatic rings. The summed E-state index contributed by atoms with van der Waals surface area (Å²) >= 11 is 1.37. The van der Waals surface area contributed by atoms with Gasteiger partial charge in [0.25, 0.3) is 5.56 Å². The van der Waals surface area contributed by atoms with E-state index in [4.69, 9.17) is 0 Å². The molecule has 1 atom stereocenters. The molecule has 1 aromatic heterocycles. The van der Waals surface area contributed by atoms with Crippen molar-refractivity contribution in [3.63, 3.8) is 0 Å². The third-order valence-electron chi connectivity index (χ3n) is 3.83. The molecular formula is C17H17N3O2S. The fourth-order valence-electron chi connectivity index (χ4n) is 2.80. The molecular weight excluding hydrogens is 310 g/mol. The van der Waals surface area contributed by atoms with E-state index >= 15 is 0 Å². The minimum absolute atomic E-state index is 0.122. The lowest BCUT2D eigenvalue weighted by Gasteiger charge is -2.25. The van der Waals surface area contributed by atoms with Crippen LogP contribution in [0.15, 0.2) is 46.9 Å². The highest BCUT2D eigenvalue weighted by Crippen LogP contribution is 2.35. The van der Waals surface area contributed by atoms with Crippen LogP contribution in [-0.2, 0) is 4.79 Å². The molecule has 1 aliphatic heterocycles. The lowest BCUT2D eigenvalue weighted by molar-refractivity contribution is -0.116. The van der Waals surface area contributed by atoms with Gasteiger partial charge >= 0.3 is 0 Å². The molecule has 6 heteroatoms. The average molecular weight is 327 g/mol. The van der Waals surface area contributed by atoms with Gasteiger partial charge in [-0.25, -0.2) is 4.98 Å². The van der Waals surface area contributed by atoms with Crippen molar-refractivity contribution in [2.24, 2.45) is 0 Å². The number of rotatable bonds is 4. The molecule has 1 aromatic carbocycles. The van der Waals surface area contributed by atoms with Crippen molar-refractivity contribution >= 4 is 23.5 Å². The monoisotopic (exact) mass is 327 g/mol. The van der Waals surface area contributed by atoms with Gasteiger partial charge in [0.1, 0.15) is 5.82 Å². The third-order valence-corrected chi connectivity index (χ3v) is 4.70. The fourth-order valence-corrected chi connectivity index (χ4v) is 3.40. The Morgan fingerprint density at radius 1 is 1.39 bits per heavy atom. The number of nitrogens with zero attached hydrogens (tertiary/aromatic N) is 1. The van der Waals surface area contributed by atoms with Gasteiger partial charge in [-0.3, -0.25) is 9.59 Å². The summed E-state index contributed by atoms with van der Waals surface area (Å²) in [6.07, 6.45) is 1.99. The normalized spacial score (nSPS) is 16.6. The fraction of sp³-hybridized carbons (Fsp3) is 0.235. The van der Waals surface area contributed by atoms with Crippen molar-refractivity contribution < 1.29 is 4.79 Å². The predicted octanol–water partition coefficient (Wildman–Crippen LogP) is 2.83. The first-order valence-corrected chi connectivity index (χ1v) is 8.32. The SMILES string of the molecule is C=CCSc1nc2c(c(=O)[nH]1)[C@H](c1ccccc1C)CC(=O)N2. The smallest absolute Gasteiger partial charge is 0.257 e. The van der Waals surface area contributed by atoms with Crippen molar-refractivity contribution in [2.75, 3.05) is 11.1 Å². The molecule has 1 aliphatic rings. The van der Waals surface area contributed by atoms with Crippen molar-refractivity contribution in [3.05, 3.63) is 64.0 Å². The van der Waals surface area contributed by atoms with E-state index in [2.05, 4.69) is 21.9 Å². The van der Waals surface area contributed by atoms with Gasteiger partial charge < -0.3 is 10.3 Å². The number of hydrogen-bond acceptors (Lipinski definition) is 4.